The summed E-state index contributed by atoms with van der Waals surface area (Å²) in [6.07, 6.45) is 9.85. The average molecular weight is 362 g/mol. The van der Waals surface area contributed by atoms with Crippen LogP contribution >= 0.6 is 0 Å². The Morgan fingerprint density at radius 3 is 2.52 bits per heavy atom. The van der Waals surface area contributed by atoms with Crippen molar-refractivity contribution >= 4 is 11.6 Å². The van der Waals surface area contributed by atoms with E-state index in [9.17, 15) is 4.79 Å². The monoisotopic (exact) mass is 362 g/mol. The van der Waals surface area contributed by atoms with Crippen LogP contribution in [0, 0.1) is 0 Å². The highest BCUT2D eigenvalue weighted by atomic mass is 16.2. The zero-order valence-electron chi connectivity index (χ0n) is 15.1. The molecule has 0 radical (unpaired) electrons. The van der Waals surface area contributed by atoms with E-state index in [2.05, 4.69) is 37.8 Å². The molecule has 0 saturated heterocycles. The highest BCUT2D eigenvalue weighted by Crippen LogP contribution is 2.32. The van der Waals surface area contributed by atoms with Crippen LogP contribution in [0.1, 0.15) is 43.6 Å². The van der Waals surface area contributed by atoms with E-state index < -0.39 is 0 Å². The van der Waals surface area contributed by atoms with Gasteiger partial charge in [0.05, 0.1) is 0 Å². The molecule has 27 heavy (non-hydrogen) atoms. The number of rotatable bonds is 5. The van der Waals surface area contributed by atoms with Crippen molar-refractivity contribution in [2.75, 3.05) is 5.32 Å². The smallest absolute Gasteiger partial charge is 0.248 e. The van der Waals surface area contributed by atoms with Crippen molar-refractivity contribution in [1.29, 1.82) is 0 Å². The van der Waals surface area contributed by atoms with Gasteiger partial charge < -0.3 is 5.32 Å². The van der Waals surface area contributed by atoms with Gasteiger partial charge in [0.15, 0.2) is 0 Å². The first-order valence-electron chi connectivity index (χ1n) is 9.36. The second-order valence-corrected chi connectivity index (χ2v) is 6.88. The van der Waals surface area contributed by atoms with Crippen molar-refractivity contribution in [3.05, 3.63) is 54.4 Å². The Hall–Kier alpha value is -3.09. The summed E-state index contributed by atoms with van der Waals surface area (Å²) >= 11 is 0. The molecule has 2 aromatic heterocycles. The number of carbonyl (C=O) groups excluding carboxylic acids is 1. The third kappa shape index (κ3) is 4.36. The van der Waals surface area contributed by atoms with Crippen LogP contribution in [-0.2, 0) is 11.3 Å². The van der Waals surface area contributed by atoms with Crippen LogP contribution in [-0.4, -0.2) is 31.1 Å². The maximum atomic E-state index is 12.3. The number of carbonyl (C=O) groups is 1. The quantitative estimate of drug-likeness (QED) is 0.751. The first-order chi connectivity index (χ1) is 13.3. The van der Waals surface area contributed by atoms with Crippen LogP contribution in [0.5, 0.6) is 0 Å². The zero-order valence-corrected chi connectivity index (χ0v) is 15.1. The highest BCUT2D eigenvalue weighted by Gasteiger charge is 2.15. The predicted octanol–water partition coefficient (Wildman–Crippen LogP) is 3.42. The van der Waals surface area contributed by atoms with Crippen LogP contribution in [0.15, 0.2) is 48.8 Å². The lowest BCUT2D eigenvalue weighted by molar-refractivity contribution is -0.117. The van der Waals surface area contributed by atoms with Gasteiger partial charge in [-0.15, -0.1) is 10.2 Å². The Kier molecular flexibility index (Phi) is 5.18. The van der Waals surface area contributed by atoms with Gasteiger partial charge in [-0.25, -0.2) is 0 Å². The largest absolute Gasteiger partial charge is 0.324 e. The summed E-state index contributed by atoms with van der Waals surface area (Å²) < 4.78 is 0. The van der Waals surface area contributed by atoms with Crippen molar-refractivity contribution in [1.82, 2.24) is 25.2 Å². The fourth-order valence-corrected chi connectivity index (χ4v) is 3.53. The molecule has 1 fully saturated rings. The maximum Gasteiger partial charge on any atom is 0.248 e. The zero-order chi connectivity index (χ0) is 18.5. The van der Waals surface area contributed by atoms with Crippen molar-refractivity contribution in [2.45, 2.75) is 44.6 Å². The van der Waals surface area contributed by atoms with Gasteiger partial charge in [0.25, 0.3) is 0 Å². The number of tetrazole rings is 1. The minimum absolute atomic E-state index is 0.0163. The van der Waals surface area contributed by atoms with Crippen LogP contribution in [0.4, 0.5) is 5.69 Å². The molecule has 1 N–H and O–H groups in total. The molecule has 0 spiro atoms. The first kappa shape index (κ1) is 17.3. The molecule has 7 heteroatoms. The summed E-state index contributed by atoms with van der Waals surface area (Å²) in [5.74, 6) is 0.954. The summed E-state index contributed by atoms with van der Waals surface area (Å²) in [6.45, 7) is 0.0163. The number of pyridine rings is 1. The number of hydrogen-bond donors (Lipinski definition) is 1. The average Bonchev–Trinajstić information content (AvgIpc) is 3.18. The topological polar surface area (TPSA) is 85.6 Å². The minimum Gasteiger partial charge on any atom is -0.324 e. The normalized spacial score (nSPS) is 14.8. The molecule has 4 rings (SSSR count). The molecular formula is C20H22N6O. The van der Waals surface area contributed by atoms with Gasteiger partial charge in [-0.05, 0) is 53.8 Å². The summed E-state index contributed by atoms with van der Waals surface area (Å²) in [5, 5.41) is 15.1. The molecule has 1 aliphatic rings. The van der Waals surface area contributed by atoms with E-state index in [-0.39, 0.29) is 12.5 Å². The summed E-state index contributed by atoms with van der Waals surface area (Å²) in [7, 11) is 0. The number of amides is 1. The van der Waals surface area contributed by atoms with E-state index in [0.717, 1.165) is 11.3 Å². The number of anilines is 1. The Morgan fingerprint density at radius 1 is 1.04 bits per heavy atom. The van der Waals surface area contributed by atoms with E-state index in [0.29, 0.717) is 11.7 Å². The number of nitrogens with zero attached hydrogens (tertiary/aromatic N) is 5. The van der Waals surface area contributed by atoms with Gasteiger partial charge in [-0.1, -0.05) is 31.4 Å². The molecule has 0 bridgehead atoms. The lowest BCUT2D eigenvalue weighted by Gasteiger charge is -2.22. The molecule has 1 amide bonds. The standard InChI is InChI=1S/C20H22N6O/c27-19(14-26-24-20(23-25-26)17-10-12-21-13-11-17)22-18-8-6-16(7-9-18)15-4-2-1-3-5-15/h6-13,15H,1-5,14H2,(H,22,27). The molecule has 7 nitrogen and oxygen atoms in total. The van der Waals surface area contributed by atoms with E-state index in [1.165, 1.54) is 42.5 Å². The maximum absolute atomic E-state index is 12.3. The summed E-state index contributed by atoms with van der Waals surface area (Å²) in [5.41, 5.74) is 2.97. The molecular weight excluding hydrogens is 340 g/mol. The number of benzene rings is 1. The molecule has 2 heterocycles. The number of nitrogens with one attached hydrogen (secondary N) is 1. The van der Waals surface area contributed by atoms with Crippen LogP contribution < -0.4 is 5.32 Å². The Labute approximate surface area is 157 Å². The van der Waals surface area contributed by atoms with Gasteiger partial charge in [0.2, 0.25) is 11.7 Å². The van der Waals surface area contributed by atoms with E-state index >= 15 is 0 Å². The fourth-order valence-electron chi connectivity index (χ4n) is 3.53. The minimum atomic E-state index is -0.181. The summed E-state index contributed by atoms with van der Waals surface area (Å²) in [4.78, 5) is 17.5. The van der Waals surface area contributed by atoms with E-state index in [4.69, 9.17) is 0 Å². The molecule has 0 atom stereocenters. The second-order valence-electron chi connectivity index (χ2n) is 6.88. The molecule has 3 aromatic rings. The van der Waals surface area contributed by atoms with Crippen molar-refractivity contribution in [3.8, 4) is 11.4 Å². The molecule has 1 aromatic carbocycles. The fraction of sp³-hybridized carbons (Fsp3) is 0.350. The Balaban J connectivity index is 1.35. The van der Waals surface area contributed by atoms with Gasteiger partial charge in [-0.2, -0.15) is 4.80 Å². The van der Waals surface area contributed by atoms with Crippen LogP contribution in [0.2, 0.25) is 0 Å². The van der Waals surface area contributed by atoms with Crippen molar-refractivity contribution in [3.63, 3.8) is 0 Å². The second kappa shape index (κ2) is 8.07. The van der Waals surface area contributed by atoms with Gasteiger partial charge in [-0.3, -0.25) is 9.78 Å². The Bertz CT molecular complexity index is 884. The lowest BCUT2D eigenvalue weighted by Crippen LogP contribution is -2.20. The molecule has 0 unspecified atom stereocenters. The van der Waals surface area contributed by atoms with Crippen molar-refractivity contribution < 1.29 is 4.79 Å². The molecule has 138 valence electrons. The molecule has 1 saturated carbocycles. The van der Waals surface area contributed by atoms with Gasteiger partial charge in [0.1, 0.15) is 6.54 Å². The van der Waals surface area contributed by atoms with Crippen LogP contribution in [0.25, 0.3) is 11.4 Å². The third-order valence-electron chi connectivity index (χ3n) is 4.95. The van der Waals surface area contributed by atoms with Crippen LogP contribution in [0.3, 0.4) is 0 Å². The van der Waals surface area contributed by atoms with Gasteiger partial charge >= 0.3 is 0 Å². The van der Waals surface area contributed by atoms with Crippen molar-refractivity contribution in [2.24, 2.45) is 0 Å². The predicted molar refractivity (Wildman–Crippen MR) is 102 cm³/mol. The number of hydrogen-bond acceptors (Lipinski definition) is 5. The highest BCUT2D eigenvalue weighted by molar-refractivity contribution is 5.90. The first-order valence-corrected chi connectivity index (χ1v) is 9.36. The molecule has 0 aliphatic heterocycles. The van der Waals surface area contributed by atoms with Gasteiger partial charge in [0, 0.05) is 23.6 Å². The summed E-state index contributed by atoms with van der Waals surface area (Å²) in [6, 6.07) is 11.8. The van der Waals surface area contributed by atoms with E-state index in [1.54, 1.807) is 24.5 Å². The Morgan fingerprint density at radius 2 is 1.78 bits per heavy atom. The lowest BCUT2D eigenvalue weighted by atomic mass is 9.84. The third-order valence-corrected chi connectivity index (χ3v) is 4.95. The molecule has 1 aliphatic carbocycles. The van der Waals surface area contributed by atoms with E-state index in [1.807, 2.05) is 12.1 Å². The SMILES string of the molecule is O=C(Cn1nnc(-c2ccncc2)n1)Nc1ccc(C2CCCCC2)cc1. The number of aromatic nitrogens is 5.